The lowest BCUT2D eigenvalue weighted by Gasteiger charge is -2.41. The van der Waals surface area contributed by atoms with Crippen LogP contribution < -0.4 is 4.90 Å². The van der Waals surface area contributed by atoms with Gasteiger partial charge >= 0.3 is 5.97 Å². The van der Waals surface area contributed by atoms with Crippen LogP contribution in [0.3, 0.4) is 0 Å². The van der Waals surface area contributed by atoms with Gasteiger partial charge in [0.25, 0.3) is 5.69 Å². The van der Waals surface area contributed by atoms with Crippen LogP contribution in [0.15, 0.2) is 24.3 Å². The molecule has 0 bridgehead atoms. The van der Waals surface area contributed by atoms with Crippen molar-refractivity contribution in [1.82, 2.24) is 5.06 Å². The van der Waals surface area contributed by atoms with Crippen molar-refractivity contribution in [3.63, 3.8) is 0 Å². The number of anilines is 1. The minimum atomic E-state index is -0.593. The molecule has 132 valence electrons. The summed E-state index contributed by atoms with van der Waals surface area (Å²) in [5, 5.41) is 22.0. The number of hydrogen-bond acceptors (Lipinski definition) is 7. The van der Waals surface area contributed by atoms with Crippen LogP contribution in [0.2, 0.25) is 0 Å². The van der Waals surface area contributed by atoms with Gasteiger partial charge in [-0.1, -0.05) is 0 Å². The maximum Gasteiger partial charge on any atom is 0.330 e. The van der Waals surface area contributed by atoms with Crippen molar-refractivity contribution in [3.8, 4) is 0 Å². The predicted octanol–water partition coefficient (Wildman–Crippen LogP) is 1.58. The lowest BCUT2D eigenvalue weighted by molar-refractivity contribution is -0.384. The normalized spacial score (nSPS) is 19.2. The SMILES string of the molecule is CC(C)(C)C(=O)ON1CCN(c2ccc([N+](=O)[O-])cc2)C(CO)C1. The highest BCUT2D eigenvalue weighted by molar-refractivity contribution is 5.75. The first kappa shape index (κ1) is 18.2. The molecule has 0 spiro atoms. The summed E-state index contributed by atoms with van der Waals surface area (Å²) >= 11 is 0. The molecule has 0 radical (unpaired) electrons. The molecule has 1 heterocycles. The number of hydrogen-bond donors (Lipinski definition) is 1. The number of nitrogens with zero attached hydrogens (tertiary/aromatic N) is 3. The highest BCUT2D eigenvalue weighted by Gasteiger charge is 2.32. The zero-order valence-electron chi connectivity index (χ0n) is 14.1. The Morgan fingerprint density at radius 3 is 2.46 bits per heavy atom. The van der Waals surface area contributed by atoms with Crippen LogP contribution in [0.1, 0.15) is 20.8 Å². The molecule has 8 nitrogen and oxygen atoms in total. The number of hydroxylamine groups is 2. The van der Waals surface area contributed by atoms with Crippen LogP contribution in [0.5, 0.6) is 0 Å². The average Bonchev–Trinajstić information content (AvgIpc) is 2.54. The second kappa shape index (κ2) is 7.14. The summed E-state index contributed by atoms with van der Waals surface area (Å²) in [6.07, 6.45) is 0. The van der Waals surface area contributed by atoms with Crippen LogP contribution in [-0.2, 0) is 9.63 Å². The van der Waals surface area contributed by atoms with Gasteiger partial charge in [-0.3, -0.25) is 10.1 Å². The van der Waals surface area contributed by atoms with Crippen molar-refractivity contribution in [2.75, 3.05) is 31.1 Å². The maximum atomic E-state index is 12.0. The van der Waals surface area contributed by atoms with Crippen molar-refractivity contribution in [2.24, 2.45) is 5.41 Å². The Hall–Kier alpha value is -2.19. The Balaban J connectivity index is 2.05. The van der Waals surface area contributed by atoms with Gasteiger partial charge in [-0.2, -0.15) is 0 Å². The third kappa shape index (κ3) is 4.21. The minimum absolute atomic E-state index is 0.0250. The molecule has 1 aliphatic rings. The lowest BCUT2D eigenvalue weighted by Crippen LogP contribution is -2.55. The average molecular weight is 337 g/mol. The third-order valence-electron chi connectivity index (χ3n) is 3.87. The molecule has 2 rings (SSSR count). The highest BCUT2D eigenvalue weighted by Crippen LogP contribution is 2.24. The molecular weight excluding hydrogens is 314 g/mol. The smallest absolute Gasteiger partial charge is 0.330 e. The van der Waals surface area contributed by atoms with E-state index in [4.69, 9.17) is 4.84 Å². The molecule has 1 atom stereocenters. The van der Waals surface area contributed by atoms with Gasteiger partial charge in [0.2, 0.25) is 0 Å². The Bertz CT molecular complexity index is 597. The van der Waals surface area contributed by atoms with E-state index in [1.807, 2.05) is 4.90 Å². The predicted molar refractivity (Wildman–Crippen MR) is 88.4 cm³/mol. The molecule has 8 heteroatoms. The van der Waals surface area contributed by atoms with E-state index in [1.165, 1.54) is 12.1 Å². The molecule has 0 saturated carbocycles. The molecule has 1 N–H and O–H groups in total. The Kier molecular flexibility index (Phi) is 5.40. The zero-order valence-corrected chi connectivity index (χ0v) is 14.1. The van der Waals surface area contributed by atoms with Gasteiger partial charge in [0.05, 0.1) is 36.1 Å². The number of aliphatic hydroxyl groups excluding tert-OH is 1. The van der Waals surface area contributed by atoms with Gasteiger partial charge in [0.15, 0.2) is 0 Å². The molecule has 0 amide bonds. The van der Waals surface area contributed by atoms with Gasteiger partial charge in [0.1, 0.15) is 0 Å². The van der Waals surface area contributed by atoms with E-state index < -0.39 is 10.3 Å². The van der Waals surface area contributed by atoms with E-state index >= 15 is 0 Å². The molecule has 1 unspecified atom stereocenters. The summed E-state index contributed by atoms with van der Waals surface area (Å²) in [5.74, 6) is -0.317. The third-order valence-corrected chi connectivity index (χ3v) is 3.87. The molecule has 24 heavy (non-hydrogen) atoms. The van der Waals surface area contributed by atoms with Crippen LogP contribution in [-0.4, -0.2) is 53.3 Å². The van der Waals surface area contributed by atoms with Gasteiger partial charge in [-0.05, 0) is 32.9 Å². The second-order valence-electron chi connectivity index (χ2n) is 6.82. The fourth-order valence-electron chi connectivity index (χ4n) is 2.43. The highest BCUT2D eigenvalue weighted by atomic mass is 16.7. The van der Waals surface area contributed by atoms with Crippen LogP contribution in [0, 0.1) is 15.5 Å². The van der Waals surface area contributed by atoms with E-state index in [-0.39, 0.29) is 24.3 Å². The first-order valence-electron chi connectivity index (χ1n) is 7.81. The fourth-order valence-corrected chi connectivity index (χ4v) is 2.43. The van der Waals surface area contributed by atoms with E-state index in [1.54, 1.807) is 38.0 Å². The van der Waals surface area contributed by atoms with Crippen molar-refractivity contribution in [1.29, 1.82) is 0 Å². The molecule has 1 aliphatic heterocycles. The summed E-state index contributed by atoms with van der Waals surface area (Å²) in [4.78, 5) is 29.6. The summed E-state index contributed by atoms with van der Waals surface area (Å²) in [6, 6.07) is 5.95. The van der Waals surface area contributed by atoms with Gasteiger partial charge < -0.3 is 14.8 Å². The molecule has 1 aromatic carbocycles. The van der Waals surface area contributed by atoms with Gasteiger partial charge in [-0.25, -0.2) is 4.79 Å². The monoisotopic (exact) mass is 337 g/mol. The number of benzene rings is 1. The van der Waals surface area contributed by atoms with Gasteiger partial charge in [0, 0.05) is 24.4 Å². The molecule has 1 fully saturated rings. The fraction of sp³-hybridized carbons (Fsp3) is 0.562. The molecule has 1 saturated heterocycles. The number of carbonyl (C=O) groups is 1. The summed E-state index contributed by atoms with van der Waals surface area (Å²) < 4.78 is 0. The van der Waals surface area contributed by atoms with Crippen molar-refractivity contribution < 1.29 is 19.7 Å². The first-order chi connectivity index (χ1) is 11.2. The van der Waals surface area contributed by atoms with Crippen molar-refractivity contribution >= 4 is 17.3 Å². The summed E-state index contributed by atoms with van der Waals surface area (Å²) in [7, 11) is 0. The van der Waals surface area contributed by atoms with E-state index in [0.29, 0.717) is 19.6 Å². The summed E-state index contributed by atoms with van der Waals surface area (Å²) in [5.41, 5.74) is 0.225. The largest absolute Gasteiger partial charge is 0.394 e. The van der Waals surface area contributed by atoms with Crippen LogP contribution in [0.25, 0.3) is 0 Å². The molecule has 1 aromatic rings. The van der Waals surface area contributed by atoms with Crippen LogP contribution >= 0.6 is 0 Å². The number of nitro groups is 1. The molecular formula is C16H23N3O5. The molecule has 0 aromatic heterocycles. The Morgan fingerprint density at radius 2 is 1.96 bits per heavy atom. The second-order valence-corrected chi connectivity index (χ2v) is 6.82. The summed E-state index contributed by atoms with van der Waals surface area (Å²) in [6.45, 7) is 6.65. The van der Waals surface area contributed by atoms with E-state index in [2.05, 4.69) is 0 Å². The number of piperazine rings is 1. The number of nitro benzene ring substituents is 1. The maximum absolute atomic E-state index is 12.0. The number of carbonyl (C=O) groups excluding carboxylic acids is 1. The number of aliphatic hydroxyl groups is 1. The number of rotatable bonds is 4. The Morgan fingerprint density at radius 1 is 1.33 bits per heavy atom. The van der Waals surface area contributed by atoms with Crippen LogP contribution in [0.4, 0.5) is 11.4 Å². The van der Waals surface area contributed by atoms with E-state index in [0.717, 1.165) is 5.69 Å². The standard InChI is InChI=1S/C16H23N3O5/c1-16(2,3)15(21)24-17-8-9-18(14(10-17)11-20)12-4-6-13(7-5-12)19(22)23/h4-7,14,20H,8-11H2,1-3H3. The van der Waals surface area contributed by atoms with E-state index in [9.17, 15) is 20.0 Å². The zero-order chi connectivity index (χ0) is 17.9. The minimum Gasteiger partial charge on any atom is -0.394 e. The lowest BCUT2D eigenvalue weighted by atomic mass is 9.98. The first-order valence-corrected chi connectivity index (χ1v) is 7.81. The van der Waals surface area contributed by atoms with Crippen molar-refractivity contribution in [3.05, 3.63) is 34.4 Å². The Labute approximate surface area is 140 Å². The molecule has 0 aliphatic carbocycles. The topological polar surface area (TPSA) is 96.2 Å². The quantitative estimate of drug-likeness (QED) is 0.658. The van der Waals surface area contributed by atoms with Gasteiger partial charge in [-0.15, -0.1) is 5.06 Å². The number of non-ortho nitro benzene ring substituents is 1. The van der Waals surface area contributed by atoms with Crippen molar-refractivity contribution in [2.45, 2.75) is 26.8 Å².